The average Bonchev–Trinajstić information content (AvgIpc) is 2.26. The summed E-state index contributed by atoms with van der Waals surface area (Å²) in [5.74, 6) is 0.922. The Morgan fingerprint density at radius 1 is 1.33 bits per heavy atom. The molecule has 1 heterocycles. The van der Waals surface area contributed by atoms with E-state index in [1.54, 1.807) is 0 Å². The Balaban J connectivity index is 2.56. The molecule has 1 aromatic heterocycles. The zero-order valence-electron chi connectivity index (χ0n) is 9.99. The van der Waals surface area contributed by atoms with E-state index in [4.69, 9.17) is 0 Å². The van der Waals surface area contributed by atoms with E-state index in [1.807, 2.05) is 19.4 Å². The predicted octanol–water partition coefficient (Wildman–Crippen LogP) is 1.43. The van der Waals surface area contributed by atoms with Crippen LogP contribution in [0.3, 0.4) is 0 Å². The highest BCUT2D eigenvalue weighted by atomic mass is 15.2. The van der Waals surface area contributed by atoms with Crippen molar-refractivity contribution in [3.05, 3.63) is 18.1 Å². The Bertz CT molecular complexity index is 281. The van der Waals surface area contributed by atoms with Crippen molar-refractivity contribution >= 4 is 5.82 Å². The van der Waals surface area contributed by atoms with Crippen LogP contribution in [0.25, 0.3) is 0 Å². The van der Waals surface area contributed by atoms with Crippen molar-refractivity contribution in [2.24, 2.45) is 0 Å². The molecule has 0 aliphatic rings. The van der Waals surface area contributed by atoms with Crippen LogP contribution in [-0.2, 0) is 6.54 Å². The normalized spacial score (nSPS) is 10.7. The van der Waals surface area contributed by atoms with Crippen LogP contribution in [0.4, 0.5) is 5.82 Å². The zero-order chi connectivity index (χ0) is 11.3. The first-order valence-corrected chi connectivity index (χ1v) is 5.39. The monoisotopic (exact) mass is 208 g/mol. The largest absolute Gasteiger partial charge is 0.359 e. The summed E-state index contributed by atoms with van der Waals surface area (Å²) in [7, 11) is 2.01. The lowest BCUT2D eigenvalue weighted by Gasteiger charge is -2.15. The van der Waals surface area contributed by atoms with E-state index in [1.165, 1.54) is 0 Å². The first-order chi connectivity index (χ1) is 7.13. The first-order valence-electron chi connectivity index (χ1n) is 5.39. The van der Waals surface area contributed by atoms with Gasteiger partial charge >= 0.3 is 0 Å². The molecular weight excluding hydrogens is 188 g/mol. The predicted molar refractivity (Wildman–Crippen MR) is 63.0 cm³/mol. The first kappa shape index (κ1) is 11.9. The topological polar surface area (TPSA) is 41.1 Å². The summed E-state index contributed by atoms with van der Waals surface area (Å²) in [5, 5.41) is 3.31. The second kappa shape index (κ2) is 5.66. The van der Waals surface area contributed by atoms with Gasteiger partial charge in [-0.05, 0) is 6.92 Å². The summed E-state index contributed by atoms with van der Waals surface area (Å²) in [6.45, 7) is 8.05. The van der Waals surface area contributed by atoms with Crippen LogP contribution in [0, 0.1) is 0 Å². The third kappa shape index (κ3) is 3.83. The van der Waals surface area contributed by atoms with Gasteiger partial charge < -0.3 is 10.2 Å². The second-order valence-electron chi connectivity index (χ2n) is 3.92. The van der Waals surface area contributed by atoms with Gasteiger partial charge in [-0.3, -0.25) is 4.98 Å². The number of anilines is 1. The smallest absolute Gasteiger partial charge is 0.146 e. The quantitative estimate of drug-likeness (QED) is 0.794. The fourth-order valence-corrected chi connectivity index (χ4v) is 1.11. The van der Waals surface area contributed by atoms with Crippen LogP contribution >= 0.6 is 0 Å². The number of nitrogens with zero attached hydrogens (tertiary/aromatic N) is 3. The summed E-state index contributed by atoms with van der Waals surface area (Å²) in [6.07, 6.45) is 3.65. The highest BCUT2D eigenvalue weighted by Gasteiger charge is 2.01. The Kier molecular flexibility index (Phi) is 4.49. The van der Waals surface area contributed by atoms with Gasteiger partial charge in [-0.25, -0.2) is 4.98 Å². The minimum atomic E-state index is 0.477. The Morgan fingerprint density at radius 3 is 2.53 bits per heavy atom. The molecule has 0 saturated carbocycles. The second-order valence-corrected chi connectivity index (χ2v) is 3.92. The van der Waals surface area contributed by atoms with Crippen LogP contribution in [0.5, 0.6) is 0 Å². The van der Waals surface area contributed by atoms with E-state index >= 15 is 0 Å². The Morgan fingerprint density at radius 2 is 2.07 bits per heavy atom. The molecule has 1 rings (SSSR count). The SMILES string of the molecule is CCN(C)c1cnc(CNC(C)C)cn1. The summed E-state index contributed by atoms with van der Waals surface area (Å²) >= 11 is 0. The molecule has 1 N–H and O–H groups in total. The maximum absolute atomic E-state index is 4.35. The van der Waals surface area contributed by atoms with Crippen LogP contribution in [0.15, 0.2) is 12.4 Å². The minimum absolute atomic E-state index is 0.477. The molecule has 0 aliphatic heterocycles. The minimum Gasteiger partial charge on any atom is -0.359 e. The summed E-state index contributed by atoms with van der Waals surface area (Å²) < 4.78 is 0. The maximum atomic E-state index is 4.35. The van der Waals surface area contributed by atoms with E-state index < -0.39 is 0 Å². The lowest BCUT2D eigenvalue weighted by Crippen LogP contribution is -2.23. The van der Waals surface area contributed by atoms with Gasteiger partial charge in [-0.2, -0.15) is 0 Å². The van der Waals surface area contributed by atoms with Crippen molar-refractivity contribution in [3.63, 3.8) is 0 Å². The molecule has 0 bridgehead atoms. The van der Waals surface area contributed by atoms with Gasteiger partial charge in [0.2, 0.25) is 0 Å². The number of hydrogen-bond donors (Lipinski definition) is 1. The summed E-state index contributed by atoms with van der Waals surface area (Å²) in [5.41, 5.74) is 0.983. The molecule has 4 heteroatoms. The molecule has 0 amide bonds. The number of rotatable bonds is 5. The third-order valence-corrected chi connectivity index (χ3v) is 2.25. The van der Waals surface area contributed by atoms with Crippen LogP contribution in [0.1, 0.15) is 26.5 Å². The van der Waals surface area contributed by atoms with Crippen molar-refractivity contribution in [3.8, 4) is 0 Å². The summed E-state index contributed by atoms with van der Waals surface area (Å²) in [4.78, 5) is 10.8. The number of aromatic nitrogens is 2. The van der Waals surface area contributed by atoms with Gasteiger partial charge in [0.25, 0.3) is 0 Å². The summed E-state index contributed by atoms with van der Waals surface area (Å²) in [6, 6.07) is 0.477. The van der Waals surface area contributed by atoms with E-state index in [0.29, 0.717) is 6.04 Å². The van der Waals surface area contributed by atoms with Gasteiger partial charge in [-0.1, -0.05) is 13.8 Å². The van der Waals surface area contributed by atoms with Crippen molar-refractivity contribution in [2.75, 3.05) is 18.5 Å². The van der Waals surface area contributed by atoms with E-state index in [2.05, 4.69) is 41.0 Å². The van der Waals surface area contributed by atoms with Gasteiger partial charge in [0.1, 0.15) is 5.82 Å². The van der Waals surface area contributed by atoms with Crippen molar-refractivity contribution in [1.29, 1.82) is 0 Å². The molecule has 0 aromatic carbocycles. The van der Waals surface area contributed by atoms with Crippen molar-refractivity contribution < 1.29 is 0 Å². The van der Waals surface area contributed by atoms with Gasteiger partial charge in [0, 0.05) is 26.2 Å². The molecule has 4 nitrogen and oxygen atoms in total. The lowest BCUT2D eigenvalue weighted by molar-refractivity contribution is 0.580. The van der Waals surface area contributed by atoms with Gasteiger partial charge in [-0.15, -0.1) is 0 Å². The van der Waals surface area contributed by atoms with Crippen LogP contribution in [-0.4, -0.2) is 29.6 Å². The molecule has 0 unspecified atom stereocenters. The molecule has 0 fully saturated rings. The van der Waals surface area contributed by atoms with E-state index in [-0.39, 0.29) is 0 Å². The highest BCUT2D eigenvalue weighted by Crippen LogP contribution is 2.05. The molecule has 84 valence electrons. The van der Waals surface area contributed by atoms with E-state index in [0.717, 1.165) is 24.6 Å². The van der Waals surface area contributed by atoms with Crippen molar-refractivity contribution in [1.82, 2.24) is 15.3 Å². The van der Waals surface area contributed by atoms with Crippen LogP contribution < -0.4 is 10.2 Å². The highest BCUT2D eigenvalue weighted by molar-refractivity contribution is 5.33. The van der Waals surface area contributed by atoms with Crippen molar-refractivity contribution in [2.45, 2.75) is 33.4 Å². The lowest BCUT2D eigenvalue weighted by atomic mass is 10.3. The molecule has 0 spiro atoms. The fraction of sp³-hybridized carbons (Fsp3) is 0.636. The molecule has 0 saturated heterocycles. The zero-order valence-corrected chi connectivity index (χ0v) is 9.99. The molecule has 15 heavy (non-hydrogen) atoms. The fourth-order valence-electron chi connectivity index (χ4n) is 1.11. The molecule has 1 aromatic rings. The molecule has 0 radical (unpaired) electrons. The molecule has 0 atom stereocenters. The maximum Gasteiger partial charge on any atom is 0.146 e. The Hall–Kier alpha value is -1.16. The Labute approximate surface area is 91.7 Å². The van der Waals surface area contributed by atoms with Crippen LogP contribution in [0.2, 0.25) is 0 Å². The molecular formula is C11H20N4. The van der Waals surface area contributed by atoms with Gasteiger partial charge in [0.15, 0.2) is 0 Å². The molecule has 0 aliphatic carbocycles. The standard InChI is InChI=1S/C11H20N4/c1-5-15(4)11-8-13-10(7-14-11)6-12-9(2)3/h7-9,12H,5-6H2,1-4H3. The number of nitrogens with one attached hydrogen (secondary N) is 1. The average molecular weight is 208 g/mol. The number of hydrogen-bond acceptors (Lipinski definition) is 4. The van der Waals surface area contributed by atoms with E-state index in [9.17, 15) is 0 Å². The van der Waals surface area contributed by atoms with Gasteiger partial charge in [0.05, 0.1) is 18.1 Å². The third-order valence-electron chi connectivity index (χ3n) is 2.25.